The Bertz CT molecular complexity index is 1030. The highest BCUT2D eigenvalue weighted by atomic mass is 32.1. The van der Waals surface area contributed by atoms with Crippen LogP contribution in [0.5, 0.6) is 17.2 Å². The molecule has 1 heterocycles. The van der Waals surface area contributed by atoms with Gasteiger partial charge < -0.3 is 18.9 Å². The van der Waals surface area contributed by atoms with Gasteiger partial charge in [-0.3, -0.25) is 10.1 Å². The summed E-state index contributed by atoms with van der Waals surface area (Å²) in [6, 6.07) is 12.1. The van der Waals surface area contributed by atoms with Crippen molar-refractivity contribution in [1.29, 1.82) is 0 Å². The number of aromatic nitrogens is 1. The number of amides is 1. The van der Waals surface area contributed by atoms with Crippen LogP contribution in [0.3, 0.4) is 0 Å². The van der Waals surface area contributed by atoms with E-state index in [0.717, 1.165) is 17.0 Å². The molecule has 0 fully saturated rings. The second-order valence-corrected chi connectivity index (χ2v) is 6.82. The highest BCUT2D eigenvalue weighted by molar-refractivity contribution is 7.14. The molecule has 0 saturated heterocycles. The van der Waals surface area contributed by atoms with E-state index in [0.29, 0.717) is 16.6 Å². The molecule has 1 N–H and O–H groups in total. The first kappa shape index (κ1) is 21.1. The van der Waals surface area contributed by atoms with Gasteiger partial charge in [-0.25, -0.2) is 9.78 Å². The number of nitrogens with one attached hydrogen (secondary N) is 1. The van der Waals surface area contributed by atoms with Crippen molar-refractivity contribution in [1.82, 2.24) is 4.98 Å². The van der Waals surface area contributed by atoms with Gasteiger partial charge in [0.25, 0.3) is 5.91 Å². The van der Waals surface area contributed by atoms with Crippen LogP contribution in [0.15, 0.2) is 47.8 Å². The van der Waals surface area contributed by atoms with Gasteiger partial charge in [0, 0.05) is 17.0 Å². The minimum atomic E-state index is -0.678. The first-order chi connectivity index (χ1) is 14.5. The summed E-state index contributed by atoms with van der Waals surface area (Å²) in [5, 5.41) is 4.86. The van der Waals surface area contributed by atoms with Gasteiger partial charge in [0.15, 0.2) is 11.7 Å². The first-order valence-electron chi connectivity index (χ1n) is 8.83. The van der Waals surface area contributed by atoms with Crippen molar-refractivity contribution < 1.29 is 28.5 Å². The Kier molecular flexibility index (Phi) is 6.87. The van der Waals surface area contributed by atoms with Crippen LogP contribution in [0.4, 0.5) is 5.13 Å². The topological polar surface area (TPSA) is 96.0 Å². The number of methoxy groups -OCH3 is 3. The molecule has 0 atom stereocenters. The van der Waals surface area contributed by atoms with Gasteiger partial charge in [0.1, 0.15) is 22.8 Å². The maximum Gasteiger partial charge on any atom is 0.342 e. The first-order valence-corrected chi connectivity index (χ1v) is 9.71. The average molecular weight is 428 g/mol. The number of esters is 1. The molecular formula is C21H20N2O6S. The predicted molar refractivity (Wildman–Crippen MR) is 113 cm³/mol. The van der Waals surface area contributed by atoms with Crippen LogP contribution in [-0.2, 0) is 9.53 Å². The molecule has 0 aliphatic heterocycles. The molecule has 0 radical (unpaired) electrons. The van der Waals surface area contributed by atoms with Crippen LogP contribution in [-0.4, -0.2) is 44.8 Å². The van der Waals surface area contributed by atoms with Crippen molar-refractivity contribution in [3.8, 4) is 28.5 Å². The van der Waals surface area contributed by atoms with Crippen molar-refractivity contribution in [2.75, 3.05) is 33.3 Å². The second kappa shape index (κ2) is 9.75. The Morgan fingerprint density at radius 2 is 1.67 bits per heavy atom. The molecule has 2 aromatic carbocycles. The zero-order valence-electron chi connectivity index (χ0n) is 16.6. The third kappa shape index (κ3) is 5.06. The van der Waals surface area contributed by atoms with Crippen LogP contribution in [0.1, 0.15) is 10.4 Å². The Morgan fingerprint density at radius 3 is 2.33 bits per heavy atom. The van der Waals surface area contributed by atoms with E-state index < -0.39 is 18.5 Å². The molecular weight excluding hydrogens is 408 g/mol. The number of ether oxygens (including phenoxy) is 4. The van der Waals surface area contributed by atoms with Crippen molar-refractivity contribution >= 4 is 28.3 Å². The van der Waals surface area contributed by atoms with Gasteiger partial charge >= 0.3 is 5.97 Å². The second-order valence-electron chi connectivity index (χ2n) is 5.96. The standard InChI is InChI=1S/C21H20N2O6S/c1-26-14-6-4-13(5-7-14)17-12-30-21(22-17)23-19(24)11-29-20(25)16-9-8-15(27-2)10-18(16)28-3/h4-10,12H,11H2,1-3H3,(H,22,23,24). The molecule has 3 aromatic rings. The summed E-state index contributed by atoms with van der Waals surface area (Å²) < 4.78 is 20.5. The molecule has 9 heteroatoms. The molecule has 8 nitrogen and oxygen atoms in total. The van der Waals surface area contributed by atoms with E-state index in [1.165, 1.54) is 31.6 Å². The number of rotatable bonds is 8. The molecule has 30 heavy (non-hydrogen) atoms. The van der Waals surface area contributed by atoms with E-state index in [9.17, 15) is 9.59 Å². The zero-order valence-corrected chi connectivity index (χ0v) is 17.4. The van der Waals surface area contributed by atoms with Gasteiger partial charge in [-0.15, -0.1) is 11.3 Å². The van der Waals surface area contributed by atoms with Crippen molar-refractivity contribution in [3.63, 3.8) is 0 Å². The Balaban J connectivity index is 1.57. The predicted octanol–water partition coefficient (Wildman–Crippen LogP) is 3.63. The number of carbonyl (C=O) groups is 2. The fourth-order valence-electron chi connectivity index (χ4n) is 2.56. The highest BCUT2D eigenvalue weighted by Gasteiger charge is 2.17. The van der Waals surface area contributed by atoms with Crippen LogP contribution in [0, 0.1) is 0 Å². The zero-order chi connectivity index (χ0) is 21.5. The molecule has 156 valence electrons. The largest absolute Gasteiger partial charge is 0.497 e. The van der Waals surface area contributed by atoms with Crippen LogP contribution in [0.25, 0.3) is 11.3 Å². The molecule has 0 aliphatic carbocycles. The Labute approximate surface area is 177 Å². The monoisotopic (exact) mass is 428 g/mol. The minimum Gasteiger partial charge on any atom is -0.497 e. The van der Waals surface area contributed by atoms with E-state index in [-0.39, 0.29) is 5.56 Å². The fraction of sp³-hybridized carbons (Fsp3) is 0.190. The highest BCUT2D eigenvalue weighted by Crippen LogP contribution is 2.27. The van der Waals surface area contributed by atoms with E-state index >= 15 is 0 Å². The summed E-state index contributed by atoms with van der Waals surface area (Å²) in [6.45, 7) is -0.453. The van der Waals surface area contributed by atoms with E-state index in [4.69, 9.17) is 18.9 Å². The van der Waals surface area contributed by atoms with E-state index in [1.54, 1.807) is 19.2 Å². The Morgan fingerprint density at radius 1 is 0.967 bits per heavy atom. The number of nitrogens with zero attached hydrogens (tertiary/aromatic N) is 1. The molecule has 0 aliphatic rings. The lowest BCUT2D eigenvalue weighted by Crippen LogP contribution is -2.21. The SMILES string of the molecule is COc1ccc(-c2csc(NC(=O)COC(=O)c3ccc(OC)cc3OC)n2)cc1. The molecule has 1 aromatic heterocycles. The van der Waals surface area contributed by atoms with Crippen molar-refractivity contribution in [3.05, 3.63) is 53.4 Å². The number of hydrogen-bond acceptors (Lipinski definition) is 8. The number of carbonyl (C=O) groups excluding carboxylic acids is 2. The normalized spacial score (nSPS) is 10.2. The lowest BCUT2D eigenvalue weighted by molar-refractivity contribution is -0.119. The number of hydrogen-bond donors (Lipinski definition) is 1. The quantitative estimate of drug-likeness (QED) is 0.547. The average Bonchev–Trinajstić information content (AvgIpc) is 3.25. The number of benzene rings is 2. The van der Waals surface area contributed by atoms with Crippen LogP contribution >= 0.6 is 11.3 Å². The van der Waals surface area contributed by atoms with Crippen LogP contribution < -0.4 is 19.5 Å². The van der Waals surface area contributed by atoms with Crippen molar-refractivity contribution in [2.45, 2.75) is 0 Å². The van der Waals surface area contributed by atoms with Gasteiger partial charge in [-0.05, 0) is 36.4 Å². The van der Waals surface area contributed by atoms with Crippen LogP contribution in [0.2, 0.25) is 0 Å². The molecule has 3 rings (SSSR count). The fourth-order valence-corrected chi connectivity index (χ4v) is 3.29. The summed E-state index contributed by atoms with van der Waals surface area (Å²) in [5.41, 5.74) is 1.81. The van der Waals surface area contributed by atoms with Gasteiger partial charge in [-0.1, -0.05) is 0 Å². The lowest BCUT2D eigenvalue weighted by atomic mass is 10.2. The minimum absolute atomic E-state index is 0.196. The van der Waals surface area contributed by atoms with Crippen molar-refractivity contribution in [2.24, 2.45) is 0 Å². The Hall–Kier alpha value is -3.59. The lowest BCUT2D eigenvalue weighted by Gasteiger charge is -2.10. The summed E-state index contributed by atoms with van der Waals surface area (Å²) in [5.74, 6) is 0.411. The third-order valence-corrected chi connectivity index (χ3v) is 4.86. The van der Waals surface area contributed by atoms with Gasteiger partial charge in [0.05, 0.1) is 27.0 Å². The molecule has 0 spiro atoms. The number of anilines is 1. The molecule has 0 bridgehead atoms. The molecule has 1 amide bonds. The maximum absolute atomic E-state index is 12.3. The third-order valence-electron chi connectivity index (χ3n) is 4.10. The smallest absolute Gasteiger partial charge is 0.342 e. The number of thiazole rings is 1. The summed E-state index contributed by atoms with van der Waals surface area (Å²) in [6.07, 6.45) is 0. The van der Waals surface area contributed by atoms with Gasteiger partial charge in [-0.2, -0.15) is 0 Å². The van der Waals surface area contributed by atoms with Gasteiger partial charge in [0.2, 0.25) is 0 Å². The molecule has 0 saturated carbocycles. The summed E-state index contributed by atoms with van der Waals surface area (Å²) >= 11 is 1.27. The summed E-state index contributed by atoms with van der Waals surface area (Å²) in [7, 11) is 4.54. The molecule has 0 unspecified atom stereocenters. The van der Waals surface area contributed by atoms with E-state index in [1.807, 2.05) is 29.6 Å². The summed E-state index contributed by atoms with van der Waals surface area (Å²) in [4.78, 5) is 28.8. The maximum atomic E-state index is 12.3. The van der Waals surface area contributed by atoms with E-state index in [2.05, 4.69) is 10.3 Å².